The number of hydrogen-bond donors (Lipinski definition) is 2. The Hall–Kier alpha value is -1.23. The van der Waals surface area contributed by atoms with Crippen LogP contribution in [-0.4, -0.2) is 18.2 Å². The minimum Gasteiger partial charge on any atom is -0.508 e. The molecule has 2 N–H and O–H groups in total. The molecule has 1 aromatic rings. The minimum atomic E-state index is -4.35. The summed E-state index contributed by atoms with van der Waals surface area (Å²) in [5, 5.41) is 12.9. The molecule has 1 heterocycles. The average molecular weight is 259 g/mol. The fourth-order valence-corrected chi connectivity index (χ4v) is 2.32. The molecular weight excluding hydrogens is 243 g/mol. The summed E-state index contributed by atoms with van der Waals surface area (Å²) >= 11 is 0. The molecule has 0 aromatic heterocycles. The summed E-state index contributed by atoms with van der Waals surface area (Å²) in [5.41, 5.74) is -0.291. The lowest BCUT2D eigenvalue weighted by molar-refractivity contribution is -0.137. The van der Waals surface area contributed by atoms with Crippen molar-refractivity contribution in [1.29, 1.82) is 0 Å². The van der Waals surface area contributed by atoms with Gasteiger partial charge in [0, 0.05) is 0 Å². The van der Waals surface area contributed by atoms with E-state index in [1.165, 1.54) is 0 Å². The number of phenolic OH excluding ortho intramolecular Hbond substituents is 1. The number of nitrogens with one attached hydrogen (secondary N) is 1. The molecule has 18 heavy (non-hydrogen) atoms. The zero-order valence-corrected chi connectivity index (χ0v) is 9.93. The highest BCUT2D eigenvalue weighted by Gasteiger charge is 2.31. The van der Waals surface area contributed by atoms with E-state index in [0.29, 0.717) is 17.9 Å². The van der Waals surface area contributed by atoms with Crippen molar-refractivity contribution in [2.45, 2.75) is 25.4 Å². The number of aromatic hydroxyl groups is 1. The maximum absolute atomic E-state index is 12.6. The maximum Gasteiger partial charge on any atom is 0.416 e. The van der Waals surface area contributed by atoms with E-state index in [4.69, 9.17) is 0 Å². The van der Waals surface area contributed by atoms with Gasteiger partial charge in [0.15, 0.2) is 0 Å². The largest absolute Gasteiger partial charge is 0.508 e. The zero-order valence-electron chi connectivity index (χ0n) is 9.93. The van der Waals surface area contributed by atoms with Crippen molar-refractivity contribution in [1.82, 2.24) is 5.32 Å². The summed E-state index contributed by atoms with van der Waals surface area (Å²) < 4.78 is 37.8. The third kappa shape index (κ3) is 3.16. The third-order valence-corrected chi connectivity index (χ3v) is 3.37. The molecule has 1 fully saturated rings. The SMILES string of the molecule is Oc1ccc(C(F)(F)F)cc1CC1CCNCC1. The second-order valence-corrected chi connectivity index (χ2v) is 4.74. The number of piperidine rings is 1. The number of hydrogen-bond acceptors (Lipinski definition) is 2. The Kier molecular flexibility index (Phi) is 3.80. The van der Waals surface area contributed by atoms with Crippen LogP contribution < -0.4 is 5.32 Å². The molecule has 0 aliphatic carbocycles. The first kappa shape index (κ1) is 13.2. The minimum absolute atomic E-state index is 0.0402. The lowest BCUT2D eigenvalue weighted by Gasteiger charge is -2.23. The lowest BCUT2D eigenvalue weighted by Crippen LogP contribution is -2.28. The van der Waals surface area contributed by atoms with Crippen LogP contribution in [0.15, 0.2) is 18.2 Å². The number of alkyl halides is 3. The molecule has 0 unspecified atom stereocenters. The molecule has 1 saturated heterocycles. The maximum atomic E-state index is 12.6. The van der Waals surface area contributed by atoms with E-state index >= 15 is 0 Å². The first-order valence-corrected chi connectivity index (χ1v) is 6.06. The van der Waals surface area contributed by atoms with Crippen molar-refractivity contribution in [3.8, 4) is 5.75 Å². The number of rotatable bonds is 2. The van der Waals surface area contributed by atoms with Gasteiger partial charge in [-0.15, -0.1) is 0 Å². The van der Waals surface area contributed by atoms with E-state index in [0.717, 1.165) is 44.1 Å². The van der Waals surface area contributed by atoms with Crippen molar-refractivity contribution in [2.75, 3.05) is 13.1 Å². The molecule has 0 amide bonds. The monoisotopic (exact) mass is 259 g/mol. The summed E-state index contributed by atoms with van der Waals surface area (Å²) in [4.78, 5) is 0. The Bertz CT molecular complexity index is 411. The Morgan fingerprint density at radius 2 is 1.89 bits per heavy atom. The first-order chi connectivity index (χ1) is 8.47. The van der Waals surface area contributed by atoms with Gasteiger partial charge in [-0.25, -0.2) is 0 Å². The number of benzene rings is 1. The van der Waals surface area contributed by atoms with Gasteiger partial charge in [-0.3, -0.25) is 0 Å². The third-order valence-electron chi connectivity index (χ3n) is 3.37. The Labute approximate surface area is 104 Å². The van der Waals surface area contributed by atoms with Crippen LogP contribution in [0.2, 0.25) is 0 Å². The molecule has 0 saturated carbocycles. The quantitative estimate of drug-likeness (QED) is 0.855. The van der Waals surface area contributed by atoms with Crippen LogP contribution in [0.25, 0.3) is 0 Å². The van der Waals surface area contributed by atoms with Crippen LogP contribution in [0.1, 0.15) is 24.0 Å². The van der Waals surface area contributed by atoms with Crippen molar-refractivity contribution >= 4 is 0 Å². The fraction of sp³-hybridized carbons (Fsp3) is 0.538. The normalized spacial score (nSPS) is 17.9. The van der Waals surface area contributed by atoms with Crippen molar-refractivity contribution in [2.24, 2.45) is 5.92 Å². The van der Waals surface area contributed by atoms with Crippen LogP contribution in [0, 0.1) is 5.92 Å². The van der Waals surface area contributed by atoms with E-state index in [1.807, 2.05) is 0 Å². The van der Waals surface area contributed by atoms with Crippen LogP contribution in [-0.2, 0) is 12.6 Å². The first-order valence-electron chi connectivity index (χ1n) is 6.06. The van der Waals surface area contributed by atoms with E-state index in [9.17, 15) is 18.3 Å². The smallest absolute Gasteiger partial charge is 0.416 e. The lowest BCUT2D eigenvalue weighted by atomic mass is 9.90. The van der Waals surface area contributed by atoms with Gasteiger partial charge in [-0.05, 0) is 62.0 Å². The van der Waals surface area contributed by atoms with E-state index in [2.05, 4.69) is 5.32 Å². The molecule has 0 bridgehead atoms. The van der Waals surface area contributed by atoms with Gasteiger partial charge in [-0.1, -0.05) is 0 Å². The zero-order chi connectivity index (χ0) is 13.2. The Morgan fingerprint density at radius 1 is 1.22 bits per heavy atom. The van der Waals surface area contributed by atoms with Gasteiger partial charge in [0.05, 0.1) is 5.56 Å². The van der Waals surface area contributed by atoms with Crippen LogP contribution >= 0.6 is 0 Å². The molecule has 1 aliphatic rings. The number of phenols is 1. The average Bonchev–Trinajstić information content (AvgIpc) is 2.32. The van der Waals surface area contributed by atoms with Gasteiger partial charge in [-0.2, -0.15) is 13.2 Å². The van der Waals surface area contributed by atoms with Crippen molar-refractivity contribution < 1.29 is 18.3 Å². The predicted octanol–water partition coefficient (Wildman–Crippen LogP) is 2.95. The van der Waals surface area contributed by atoms with E-state index in [1.54, 1.807) is 0 Å². The molecule has 0 atom stereocenters. The van der Waals surface area contributed by atoms with Crippen LogP contribution in [0.3, 0.4) is 0 Å². The summed E-state index contributed by atoms with van der Waals surface area (Å²) in [6.45, 7) is 1.79. The second kappa shape index (κ2) is 5.18. The highest BCUT2D eigenvalue weighted by molar-refractivity contribution is 5.37. The summed E-state index contributed by atoms with van der Waals surface area (Å²) in [7, 11) is 0. The molecule has 0 radical (unpaired) electrons. The van der Waals surface area contributed by atoms with Gasteiger partial charge in [0.2, 0.25) is 0 Å². The number of halogens is 3. The van der Waals surface area contributed by atoms with Gasteiger partial charge >= 0.3 is 6.18 Å². The fourth-order valence-electron chi connectivity index (χ4n) is 2.32. The van der Waals surface area contributed by atoms with Crippen molar-refractivity contribution in [3.05, 3.63) is 29.3 Å². The summed E-state index contributed by atoms with van der Waals surface area (Å²) in [6.07, 6.45) is -1.96. The Morgan fingerprint density at radius 3 is 2.50 bits per heavy atom. The Balaban J connectivity index is 2.15. The highest BCUT2D eigenvalue weighted by atomic mass is 19.4. The molecule has 1 aromatic carbocycles. The van der Waals surface area contributed by atoms with Gasteiger partial charge in [0.1, 0.15) is 5.75 Å². The highest BCUT2D eigenvalue weighted by Crippen LogP contribution is 2.33. The van der Waals surface area contributed by atoms with Crippen molar-refractivity contribution in [3.63, 3.8) is 0 Å². The second-order valence-electron chi connectivity index (χ2n) is 4.74. The molecule has 5 heteroatoms. The molecule has 0 spiro atoms. The van der Waals surface area contributed by atoms with Gasteiger partial charge in [0.25, 0.3) is 0 Å². The molecular formula is C13H16F3NO. The summed E-state index contributed by atoms with van der Waals surface area (Å²) in [6, 6.07) is 3.12. The standard InChI is InChI=1S/C13H16F3NO/c14-13(15,16)11-1-2-12(18)10(8-11)7-9-3-5-17-6-4-9/h1-2,8-9,17-18H,3-7H2. The van der Waals surface area contributed by atoms with E-state index in [-0.39, 0.29) is 5.75 Å². The predicted molar refractivity (Wildman–Crippen MR) is 62.4 cm³/mol. The van der Waals surface area contributed by atoms with Crippen LogP contribution in [0.4, 0.5) is 13.2 Å². The topological polar surface area (TPSA) is 32.3 Å². The molecule has 2 nitrogen and oxygen atoms in total. The van der Waals surface area contributed by atoms with Crippen LogP contribution in [0.5, 0.6) is 5.75 Å². The molecule has 1 aliphatic heterocycles. The van der Waals surface area contributed by atoms with Gasteiger partial charge < -0.3 is 10.4 Å². The molecule has 2 rings (SSSR count). The van der Waals surface area contributed by atoms with E-state index < -0.39 is 11.7 Å². The summed E-state index contributed by atoms with van der Waals surface area (Å²) in [5.74, 6) is 0.308. The molecule has 100 valence electrons.